The summed E-state index contributed by atoms with van der Waals surface area (Å²) >= 11 is 0. The predicted octanol–water partition coefficient (Wildman–Crippen LogP) is 0.148. The van der Waals surface area contributed by atoms with Crippen LogP contribution >= 0.6 is 0 Å². The number of carbonyl (C=O) groups is 3. The summed E-state index contributed by atoms with van der Waals surface area (Å²) in [5, 5.41) is 8.34. The zero-order valence-corrected chi connectivity index (χ0v) is 7.31. The van der Waals surface area contributed by atoms with E-state index in [1.807, 2.05) is 0 Å². The summed E-state index contributed by atoms with van der Waals surface area (Å²) in [5.41, 5.74) is 0. The fraction of sp³-hybridized carbons (Fsp3) is 0.375. The highest BCUT2D eigenvalue weighted by Crippen LogP contribution is 1.92. The molecule has 13 heavy (non-hydrogen) atoms. The molecule has 1 atom stereocenters. The Morgan fingerprint density at radius 3 is 2.23 bits per heavy atom. The molecule has 0 aromatic carbocycles. The lowest BCUT2D eigenvalue weighted by molar-refractivity contribution is -0.159. The SMILES string of the molecule is CC(=O)/C=C/C(=O)O[C@@H](C)C(=O)O. The quantitative estimate of drug-likeness (QED) is 0.499. The van der Waals surface area contributed by atoms with Crippen molar-refractivity contribution in [3.63, 3.8) is 0 Å². The molecule has 72 valence electrons. The molecule has 0 aromatic heterocycles. The van der Waals surface area contributed by atoms with Crippen LogP contribution in [0.3, 0.4) is 0 Å². The van der Waals surface area contributed by atoms with Gasteiger partial charge >= 0.3 is 11.9 Å². The van der Waals surface area contributed by atoms with Crippen LogP contribution in [0.1, 0.15) is 13.8 Å². The van der Waals surface area contributed by atoms with Gasteiger partial charge in [0.05, 0.1) is 0 Å². The van der Waals surface area contributed by atoms with Gasteiger partial charge in [-0.05, 0) is 19.9 Å². The lowest BCUT2D eigenvalue weighted by atomic mass is 10.4. The van der Waals surface area contributed by atoms with Crippen LogP contribution in [0.15, 0.2) is 12.2 Å². The summed E-state index contributed by atoms with van der Waals surface area (Å²) in [4.78, 5) is 31.3. The molecule has 5 nitrogen and oxygen atoms in total. The number of carboxylic acid groups (broad SMARTS) is 1. The average molecular weight is 186 g/mol. The van der Waals surface area contributed by atoms with E-state index in [0.717, 1.165) is 12.2 Å². The van der Waals surface area contributed by atoms with Gasteiger partial charge in [-0.15, -0.1) is 0 Å². The van der Waals surface area contributed by atoms with Crippen LogP contribution in [0, 0.1) is 0 Å². The minimum Gasteiger partial charge on any atom is -0.479 e. The van der Waals surface area contributed by atoms with Crippen molar-refractivity contribution in [1.29, 1.82) is 0 Å². The van der Waals surface area contributed by atoms with Crippen LogP contribution in [0.25, 0.3) is 0 Å². The molecule has 0 aromatic rings. The molecule has 0 radical (unpaired) electrons. The highest BCUT2D eigenvalue weighted by atomic mass is 16.6. The van der Waals surface area contributed by atoms with Crippen LogP contribution in [0.2, 0.25) is 0 Å². The number of rotatable bonds is 4. The number of aliphatic carboxylic acids is 1. The number of carboxylic acids is 1. The van der Waals surface area contributed by atoms with Crippen LogP contribution in [-0.4, -0.2) is 28.9 Å². The Kier molecular flexibility index (Phi) is 4.43. The smallest absolute Gasteiger partial charge is 0.344 e. The van der Waals surface area contributed by atoms with Gasteiger partial charge in [-0.3, -0.25) is 4.79 Å². The zero-order chi connectivity index (χ0) is 10.4. The minimum absolute atomic E-state index is 0.306. The first-order chi connectivity index (χ1) is 5.93. The zero-order valence-electron chi connectivity index (χ0n) is 7.31. The van der Waals surface area contributed by atoms with Crippen molar-refractivity contribution in [3.8, 4) is 0 Å². The lowest BCUT2D eigenvalue weighted by Crippen LogP contribution is -2.22. The van der Waals surface area contributed by atoms with Crippen molar-refractivity contribution >= 4 is 17.7 Å². The van der Waals surface area contributed by atoms with E-state index in [9.17, 15) is 14.4 Å². The number of ether oxygens (including phenoxy) is 1. The van der Waals surface area contributed by atoms with E-state index in [0.29, 0.717) is 0 Å². The summed E-state index contributed by atoms with van der Waals surface area (Å²) in [6, 6.07) is 0. The van der Waals surface area contributed by atoms with Crippen molar-refractivity contribution in [1.82, 2.24) is 0 Å². The molecule has 0 aliphatic heterocycles. The lowest BCUT2D eigenvalue weighted by Gasteiger charge is -2.04. The first-order valence-corrected chi connectivity index (χ1v) is 3.55. The summed E-state index contributed by atoms with van der Waals surface area (Å²) in [5.74, 6) is -2.38. The number of esters is 1. The Hall–Kier alpha value is -1.65. The Morgan fingerprint density at radius 1 is 1.31 bits per heavy atom. The standard InChI is InChI=1S/C8H10O5/c1-5(9)3-4-7(10)13-6(2)8(11)12/h3-4,6H,1-2H3,(H,11,12)/b4-3+/t6-/m0/s1. The van der Waals surface area contributed by atoms with Gasteiger partial charge in [0, 0.05) is 6.08 Å². The fourth-order valence-corrected chi connectivity index (χ4v) is 0.449. The van der Waals surface area contributed by atoms with Gasteiger partial charge in [0.25, 0.3) is 0 Å². The normalized spacial score (nSPS) is 12.5. The van der Waals surface area contributed by atoms with Crippen LogP contribution in [0.4, 0.5) is 0 Å². The molecule has 0 heterocycles. The van der Waals surface area contributed by atoms with E-state index in [1.54, 1.807) is 0 Å². The summed E-state index contributed by atoms with van der Waals surface area (Å²) in [6.45, 7) is 2.49. The third-order valence-corrected chi connectivity index (χ3v) is 1.09. The van der Waals surface area contributed by atoms with E-state index in [4.69, 9.17) is 5.11 Å². The maximum Gasteiger partial charge on any atom is 0.344 e. The first kappa shape index (κ1) is 11.4. The van der Waals surface area contributed by atoms with Crippen molar-refractivity contribution in [2.75, 3.05) is 0 Å². The van der Waals surface area contributed by atoms with Gasteiger partial charge in [-0.25, -0.2) is 9.59 Å². The maximum absolute atomic E-state index is 10.7. The minimum atomic E-state index is -1.23. The van der Waals surface area contributed by atoms with E-state index in [-0.39, 0.29) is 5.78 Å². The summed E-state index contributed by atoms with van der Waals surface area (Å²) < 4.78 is 4.38. The Bertz CT molecular complexity index is 253. The molecular weight excluding hydrogens is 176 g/mol. The van der Waals surface area contributed by atoms with Crippen LogP contribution in [-0.2, 0) is 19.1 Å². The number of hydrogen-bond acceptors (Lipinski definition) is 4. The second-order valence-electron chi connectivity index (χ2n) is 2.36. The third kappa shape index (κ3) is 5.60. The van der Waals surface area contributed by atoms with Crippen molar-refractivity contribution in [2.45, 2.75) is 20.0 Å². The van der Waals surface area contributed by atoms with Crippen LogP contribution in [0.5, 0.6) is 0 Å². The molecule has 0 rings (SSSR count). The van der Waals surface area contributed by atoms with Crippen molar-refractivity contribution in [3.05, 3.63) is 12.2 Å². The Morgan fingerprint density at radius 2 is 1.85 bits per heavy atom. The number of hydrogen-bond donors (Lipinski definition) is 1. The number of ketones is 1. The molecule has 0 aliphatic carbocycles. The second kappa shape index (κ2) is 5.08. The van der Waals surface area contributed by atoms with E-state index in [1.165, 1.54) is 13.8 Å². The van der Waals surface area contributed by atoms with Gasteiger partial charge < -0.3 is 9.84 Å². The van der Waals surface area contributed by atoms with Gasteiger partial charge in [-0.1, -0.05) is 0 Å². The summed E-state index contributed by atoms with van der Waals surface area (Å²) in [6.07, 6.45) is 0.697. The van der Waals surface area contributed by atoms with E-state index < -0.39 is 18.0 Å². The maximum atomic E-state index is 10.7. The van der Waals surface area contributed by atoms with E-state index >= 15 is 0 Å². The Labute approximate surface area is 75.0 Å². The van der Waals surface area contributed by atoms with Crippen molar-refractivity contribution < 1.29 is 24.2 Å². The first-order valence-electron chi connectivity index (χ1n) is 3.55. The molecule has 0 bridgehead atoms. The largest absolute Gasteiger partial charge is 0.479 e. The molecule has 5 heteroatoms. The molecule has 0 fully saturated rings. The van der Waals surface area contributed by atoms with Gasteiger partial charge in [0.1, 0.15) is 0 Å². The molecule has 0 aliphatic rings. The van der Waals surface area contributed by atoms with E-state index in [2.05, 4.69) is 4.74 Å². The highest BCUT2D eigenvalue weighted by molar-refractivity contribution is 5.95. The van der Waals surface area contributed by atoms with Gasteiger partial charge in [0.15, 0.2) is 11.9 Å². The molecule has 0 saturated heterocycles. The second-order valence-corrected chi connectivity index (χ2v) is 2.36. The monoisotopic (exact) mass is 186 g/mol. The van der Waals surface area contributed by atoms with Crippen molar-refractivity contribution in [2.24, 2.45) is 0 Å². The molecule has 0 amide bonds. The molecule has 0 saturated carbocycles. The number of carbonyl (C=O) groups excluding carboxylic acids is 2. The molecular formula is C8H10O5. The highest BCUT2D eigenvalue weighted by Gasteiger charge is 2.14. The molecule has 1 N–H and O–H groups in total. The molecule has 0 unspecified atom stereocenters. The molecule has 0 spiro atoms. The fourth-order valence-electron chi connectivity index (χ4n) is 0.449. The van der Waals surface area contributed by atoms with Crippen LogP contribution < -0.4 is 0 Å². The Balaban J connectivity index is 4.02. The van der Waals surface area contributed by atoms with Gasteiger partial charge in [0.2, 0.25) is 0 Å². The third-order valence-electron chi connectivity index (χ3n) is 1.09. The number of allylic oxidation sites excluding steroid dienone is 1. The average Bonchev–Trinajstić information content (AvgIpc) is 2.00. The predicted molar refractivity (Wildman–Crippen MR) is 43.0 cm³/mol. The topological polar surface area (TPSA) is 80.7 Å². The van der Waals surface area contributed by atoms with Gasteiger partial charge in [-0.2, -0.15) is 0 Å². The summed E-state index contributed by atoms with van der Waals surface area (Å²) in [7, 11) is 0.